The molecule has 1 rings (SSSR count). The molecule has 0 aliphatic rings. The van der Waals surface area contributed by atoms with Gasteiger partial charge in [0.1, 0.15) is 0 Å². The Hall–Kier alpha value is -1.15. The van der Waals surface area contributed by atoms with Gasteiger partial charge in [0, 0.05) is 16.5 Å². The third-order valence-electron chi connectivity index (χ3n) is 1.59. The van der Waals surface area contributed by atoms with E-state index >= 15 is 0 Å². The smallest absolute Gasteiger partial charge is 0.0966 e. The van der Waals surface area contributed by atoms with E-state index in [-0.39, 0.29) is 6.42 Å². The van der Waals surface area contributed by atoms with E-state index in [4.69, 9.17) is 28.5 Å². The first-order valence-corrected chi connectivity index (χ1v) is 4.89. The van der Waals surface area contributed by atoms with Crippen LogP contribution in [0.1, 0.15) is 17.5 Å². The second-order valence-corrected chi connectivity index (χ2v) is 3.25. The third-order valence-corrected chi connectivity index (χ3v) is 2.25. The van der Waals surface area contributed by atoms with Crippen LogP contribution in [0.15, 0.2) is 18.2 Å². The standard InChI is InChI=1S/C11H7Cl2N/c12-8-10-7-9(3-1-2-6-14)4-5-11(10)13/h4-5,7H,2,8H2. The molecule has 0 unspecified atom stereocenters. The molecule has 1 aromatic carbocycles. The van der Waals surface area contributed by atoms with Crippen molar-refractivity contribution in [3.63, 3.8) is 0 Å². The predicted octanol–water partition coefficient (Wildman–Crippen LogP) is 3.34. The zero-order valence-corrected chi connectivity index (χ0v) is 8.86. The van der Waals surface area contributed by atoms with Gasteiger partial charge in [0.25, 0.3) is 0 Å². The van der Waals surface area contributed by atoms with Crippen LogP contribution in [0.4, 0.5) is 0 Å². The van der Waals surface area contributed by atoms with Gasteiger partial charge < -0.3 is 0 Å². The molecule has 0 N–H and O–H groups in total. The molecule has 3 heteroatoms. The van der Waals surface area contributed by atoms with E-state index in [0.29, 0.717) is 10.9 Å². The molecule has 0 saturated carbocycles. The molecule has 0 fully saturated rings. The van der Waals surface area contributed by atoms with Gasteiger partial charge in [-0.05, 0) is 23.8 Å². The quantitative estimate of drug-likeness (QED) is 0.530. The van der Waals surface area contributed by atoms with Crippen LogP contribution in [-0.4, -0.2) is 0 Å². The minimum absolute atomic E-state index is 0.235. The van der Waals surface area contributed by atoms with Crippen LogP contribution in [0.5, 0.6) is 0 Å². The largest absolute Gasteiger partial charge is 0.197 e. The van der Waals surface area contributed by atoms with Crippen LogP contribution in [0.3, 0.4) is 0 Å². The molecule has 0 heterocycles. The molecule has 0 aromatic heterocycles. The molecule has 0 radical (unpaired) electrons. The zero-order valence-electron chi connectivity index (χ0n) is 7.35. The second kappa shape index (κ2) is 5.55. The normalized spacial score (nSPS) is 8.64. The Morgan fingerprint density at radius 2 is 2.14 bits per heavy atom. The van der Waals surface area contributed by atoms with Crippen molar-refractivity contribution in [3.8, 4) is 17.9 Å². The number of hydrogen-bond acceptors (Lipinski definition) is 1. The Morgan fingerprint density at radius 1 is 1.36 bits per heavy atom. The lowest BCUT2D eigenvalue weighted by Crippen LogP contribution is -1.82. The van der Waals surface area contributed by atoms with E-state index in [1.54, 1.807) is 6.07 Å². The molecule has 0 saturated heterocycles. The van der Waals surface area contributed by atoms with Crippen molar-refractivity contribution in [1.82, 2.24) is 0 Å². The molecule has 0 amide bonds. The first kappa shape index (κ1) is 10.9. The van der Waals surface area contributed by atoms with Crippen LogP contribution in [-0.2, 0) is 5.88 Å². The van der Waals surface area contributed by atoms with Gasteiger partial charge in [-0.3, -0.25) is 0 Å². The van der Waals surface area contributed by atoms with Gasteiger partial charge in [0.2, 0.25) is 0 Å². The highest BCUT2D eigenvalue weighted by Crippen LogP contribution is 2.18. The summed E-state index contributed by atoms with van der Waals surface area (Å²) in [7, 11) is 0. The third kappa shape index (κ3) is 2.96. The molecular formula is C11H7Cl2N. The molecule has 0 aliphatic heterocycles. The maximum absolute atomic E-state index is 8.29. The summed E-state index contributed by atoms with van der Waals surface area (Å²) < 4.78 is 0. The second-order valence-electron chi connectivity index (χ2n) is 2.58. The summed E-state index contributed by atoms with van der Waals surface area (Å²) in [5.74, 6) is 5.95. The molecule has 14 heavy (non-hydrogen) atoms. The molecule has 1 aromatic rings. The Morgan fingerprint density at radius 3 is 2.79 bits per heavy atom. The number of nitrogens with zero attached hydrogens (tertiary/aromatic N) is 1. The lowest BCUT2D eigenvalue weighted by atomic mass is 10.1. The van der Waals surface area contributed by atoms with Crippen molar-refractivity contribution in [3.05, 3.63) is 34.3 Å². The molecule has 1 nitrogen and oxygen atoms in total. The van der Waals surface area contributed by atoms with Crippen molar-refractivity contribution in [2.24, 2.45) is 0 Å². The Bertz CT molecular complexity index is 421. The fourth-order valence-electron chi connectivity index (χ4n) is 0.941. The number of alkyl halides is 1. The minimum Gasteiger partial charge on any atom is -0.197 e. The summed E-state index contributed by atoms with van der Waals surface area (Å²) in [6.07, 6.45) is 0.235. The molecule has 0 spiro atoms. The van der Waals surface area contributed by atoms with Crippen molar-refractivity contribution in [2.45, 2.75) is 12.3 Å². The highest BCUT2D eigenvalue weighted by atomic mass is 35.5. The van der Waals surface area contributed by atoms with Crippen LogP contribution >= 0.6 is 23.2 Å². The molecule has 70 valence electrons. The van der Waals surface area contributed by atoms with Crippen molar-refractivity contribution >= 4 is 23.2 Å². The van der Waals surface area contributed by atoms with Gasteiger partial charge in [-0.15, -0.1) is 11.6 Å². The molecule has 0 aliphatic carbocycles. The maximum Gasteiger partial charge on any atom is 0.0966 e. The van der Waals surface area contributed by atoms with E-state index in [0.717, 1.165) is 11.1 Å². The van der Waals surface area contributed by atoms with Crippen molar-refractivity contribution < 1.29 is 0 Å². The fourth-order valence-corrected chi connectivity index (χ4v) is 1.41. The number of rotatable bonds is 1. The van der Waals surface area contributed by atoms with Gasteiger partial charge >= 0.3 is 0 Å². The Kier molecular flexibility index (Phi) is 4.33. The van der Waals surface area contributed by atoms with Crippen molar-refractivity contribution in [2.75, 3.05) is 0 Å². The highest BCUT2D eigenvalue weighted by molar-refractivity contribution is 6.32. The molecular weight excluding hydrogens is 217 g/mol. The number of hydrogen-bond donors (Lipinski definition) is 0. The number of nitriles is 1. The van der Waals surface area contributed by atoms with Gasteiger partial charge in [0.15, 0.2) is 0 Å². The SMILES string of the molecule is N#CCC#Cc1ccc(Cl)c(CCl)c1. The van der Waals surface area contributed by atoms with Crippen molar-refractivity contribution in [1.29, 1.82) is 5.26 Å². The number of benzene rings is 1. The first-order chi connectivity index (χ1) is 6.77. The lowest BCUT2D eigenvalue weighted by Gasteiger charge is -1.99. The topological polar surface area (TPSA) is 23.8 Å². The maximum atomic E-state index is 8.29. The van der Waals surface area contributed by atoms with Crippen LogP contribution in [0.2, 0.25) is 5.02 Å². The van der Waals surface area contributed by atoms with Gasteiger partial charge in [-0.2, -0.15) is 5.26 Å². The monoisotopic (exact) mass is 223 g/mol. The summed E-state index contributed by atoms with van der Waals surface area (Å²) >= 11 is 11.6. The van der Waals surface area contributed by atoms with E-state index in [1.165, 1.54) is 0 Å². The fraction of sp³-hybridized carbons (Fsp3) is 0.182. The molecule has 0 bridgehead atoms. The van der Waals surface area contributed by atoms with Crippen LogP contribution < -0.4 is 0 Å². The average Bonchev–Trinajstić information content (AvgIpc) is 2.21. The highest BCUT2D eigenvalue weighted by Gasteiger charge is 1.98. The minimum atomic E-state index is 0.235. The summed E-state index contributed by atoms with van der Waals surface area (Å²) in [5, 5.41) is 8.94. The van der Waals surface area contributed by atoms with Crippen LogP contribution in [0.25, 0.3) is 0 Å². The van der Waals surface area contributed by atoms with E-state index in [1.807, 2.05) is 18.2 Å². The lowest BCUT2D eigenvalue weighted by molar-refractivity contribution is 1.38. The van der Waals surface area contributed by atoms with Gasteiger partial charge in [-0.25, -0.2) is 0 Å². The average molecular weight is 224 g/mol. The Labute approximate surface area is 93.3 Å². The zero-order chi connectivity index (χ0) is 10.4. The van der Waals surface area contributed by atoms with E-state index in [2.05, 4.69) is 11.8 Å². The summed E-state index contributed by atoms with van der Waals surface area (Å²) in [6, 6.07) is 7.35. The van der Waals surface area contributed by atoms with Gasteiger partial charge in [0.05, 0.1) is 12.5 Å². The summed E-state index contributed by atoms with van der Waals surface area (Å²) in [4.78, 5) is 0. The predicted molar refractivity (Wildman–Crippen MR) is 58.1 cm³/mol. The summed E-state index contributed by atoms with van der Waals surface area (Å²) in [5.41, 5.74) is 1.69. The number of halogens is 2. The van der Waals surface area contributed by atoms with Crippen LogP contribution in [0, 0.1) is 23.2 Å². The molecule has 0 atom stereocenters. The summed E-state index contributed by atoms with van der Waals surface area (Å²) in [6.45, 7) is 0. The Balaban J connectivity index is 2.92. The van der Waals surface area contributed by atoms with Gasteiger partial charge in [-0.1, -0.05) is 23.4 Å². The first-order valence-electron chi connectivity index (χ1n) is 3.98. The van der Waals surface area contributed by atoms with E-state index < -0.39 is 0 Å². The van der Waals surface area contributed by atoms with E-state index in [9.17, 15) is 0 Å².